The molecule has 0 amide bonds. The lowest BCUT2D eigenvalue weighted by atomic mass is 9.86. The van der Waals surface area contributed by atoms with E-state index in [1.807, 2.05) is 0 Å². The van der Waals surface area contributed by atoms with Crippen LogP contribution >= 0.6 is 0 Å². The van der Waals surface area contributed by atoms with Crippen molar-refractivity contribution >= 4 is 0 Å². The molecule has 9 atom stereocenters. The molecule has 0 aromatic carbocycles. The van der Waals surface area contributed by atoms with Gasteiger partial charge in [-0.05, 0) is 27.7 Å². The van der Waals surface area contributed by atoms with Gasteiger partial charge in [-0.2, -0.15) is 0 Å². The molecule has 7 N–H and O–H groups in total. The van der Waals surface area contributed by atoms with Crippen molar-refractivity contribution in [3.05, 3.63) is 0 Å². The van der Waals surface area contributed by atoms with E-state index in [-0.39, 0.29) is 6.10 Å². The highest BCUT2D eigenvalue weighted by molar-refractivity contribution is 5.03. The predicted molar refractivity (Wildman–Crippen MR) is 96.7 cm³/mol. The molecule has 0 spiro atoms. The van der Waals surface area contributed by atoms with Crippen LogP contribution in [0.1, 0.15) is 27.7 Å². The monoisotopic (exact) mass is 426 g/mol. The Kier molecular flexibility index (Phi) is 8.02. The molecule has 0 aliphatic carbocycles. The number of aliphatic hydroxyl groups excluding tert-OH is 6. The molecule has 0 bridgehead atoms. The number of ether oxygens (including phenoxy) is 4. The summed E-state index contributed by atoms with van der Waals surface area (Å²) >= 11 is 0. The molecule has 0 aromatic rings. The summed E-state index contributed by atoms with van der Waals surface area (Å²) in [4.78, 5) is 0. The zero-order valence-electron chi connectivity index (χ0n) is 17.1. The van der Waals surface area contributed by atoms with E-state index in [1.165, 1.54) is 13.8 Å². The Bertz CT molecular complexity index is 528. The van der Waals surface area contributed by atoms with E-state index < -0.39 is 80.0 Å². The van der Waals surface area contributed by atoms with Crippen LogP contribution in [0.5, 0.6) is 0 Å². The van der Waals surface area contributed by atoms with Crippen LogP contribution < -0.4 is 0 Å². The molecular weight excluding hydrogens is 392 g/mol. The number of hydrogen-bond acceptors (Lipinski definition) is 11. The fourth-order valence-electron chi connectivity index (χ4n) is 3.83. The van der Waals surface area contributed by atoms with Gasteiger partial charge in [0.15, 0.2) is 0 Å². The number of hydrogen-bond donors (Lipinski definition) is 7. The first kappa shape index (κ1) is 24.8. The average Bonchev–Trinajstić information content (AvgIpc) is 2.90. The minimum Gasteiger partial charge on any atom is -0.394 e. The lowest BCUT2D eigenvalue weighted by molar-refractivity contribution is -0.293. The molecule has 2 aliphatic rings. The molecular formula is C18H34O11. The van der Waals surface area contributed by atoms with Gasteiger partial charge in [-0.25, -0.2) is 0 Å². The zero-order valence-corrected chi connectivity index (χ0v) is 17.1. The Morgan fingerprint density at radius 1 is 0.966 bits per heavy atom. The van der Waals surface area contributed by atoms with E-state index in [0.717, 1.165) is 0 Å². The summed E-state index contributed by atoms with van der Waals surface area (Å²) in [6.45, 7) is 4.50. The van der Waals surface area contributed by atoms with Crippen molar-refractivity contribution in [1.29, 1.82) is 0 Å². The highest BCUT2D eigenvalue weighted by Crippen LogP contribution is 2.37. The van der Waals surface area contributed by atoms with Crippen molar-refractivity contribution in [2.24, 2.45) is 0 Å². The Morgan fingerprint density at radius 3 is 2.03 bits per heavy atom. The quantitative estimate of drug-likeness (QED) is 0.208. The zero-order chi connectivity index (χ0) is 22.1. The topological polar surface area (TPSA) is 179 Å². The van der Waals surface area contributed by atoms with Gasteiger partial charge in [0.2, 0.25) is 5.79 Å². The largest absolute Gasteiger partial charge is 0.394 e. The van der Waals surface area contributed by atoms with Crippen LogP contribution in [0, 0.1) is 0 Å². The van der Waals surface area contributed by atoms with Gasteiger partial charge in [0.05, 0.1) is 31.5 Å². The van der Waals surface area contributed by atoms with Crippen molar-refractivity contribution < 1.29 is 54.7 Å². The molecule has 2 aliphatic heterocycles. The Balaban J connectivity index is 2.21. The summed E-state index contributed by atoms with van der Waals surface area (Å²) < 4.78 is 22.3. The van der Waals surface area contributed by atoms with Gasteiger partial charge in [0.25, 0.3) is 0 Å². The highest BCUT2D eigenvalue weighted by atomic mass is 16.7. The normalized spacial score (nSPS) is 43.9. The van der Waals surface area contributed by atoms with E-state index in [1.54, 1.807) is 13.8 Å². The maximum absolute atomic E-state index is 10.6. The second-order valence-corrected chi connectivity index (χ2v) is 8.38. The van der Waals surface area contributed by atoms with Crippen molar-refractivity contribution in [2.45, 2.75) is 94.0 Å². The van der Waals surface area contributed by atoms with Gasteiger partial charge in [-0.15, -0.1) is 0 Å². The highest BCUT2D eigenvalue weighted by Gasteiger charge is 2.58. The molecule has 172 valence electrons. The van der Waals surface area contributed by atoms with Crippen LogP contribution in [0.3, 0.4) is 0 Å². The van der Waals surface area contributed by atoms with Gasteiger partial charge >= 0.3 is 0 Å². The molecule has 9 unspecified atom stereocenters. The van der Waals surface area contributed by atoms with E-state index in [0.29, 0.717) is 0 Å². The lowest BCUT2D eigenvalue weighted by Crippen LogP contribution is -2.66. The summed E-state index contributed by atoms with van der Waals surface area (Å²) in [6, 6.07) is 0. The fourth-order valence-corrected chi connectivity index (χ4v) is 3.83. The first-order valence-electron chi connectivity index (χ1n) is 9.67. The second kappa shape index (κ2) is 9.37. The Hall–Kier alpha value is -0.440. The van der Waals surface area contributed by atoms with Gasteiger partial charge in [0, 0.05) is 0 Å². The van der Waals surface area contributed by atoms with Crippen LogP contribution in [0.2, 0.25) is 0 Å². The number of aliphatic hydroxyl groups is 7. The van der Waals surface area contributed by atoms with Crippen LogP contribution in [0.25, 0.3) is 0 Å². The molecule has 0 radical (unpaired) electrons. The maximum Gasteiger partial charge on any atom is 0.219 e. The van der Waals surface area contributed by atoms with Crippen LogP contribution in [0.4, 0.5) is 0 Å². The summed E-state index contributed by atoms with van der Waals surface area (Å²) in [7, 11) is 0. The standard InChI is InChI=1S/C18H34O11/c1-8(2)26-13-9(5-19)27-16(12(23)11(13)22)17(3,4)29-14-10(6-20)28-18(25,7-21)15(14)24/h8-16,19-25H,5-7H2,1-4H3. The Labute approximate surface area is 169 Å². The molecule has 2 heterocycles. The second-order valence-electron chi connectivity index (χ2n) is 8.38. The molecule has 11 heteroatoms. The smallest absolute Gasteiger partial charge is 0.219 e. The molecule has 0 saturated carbocycles. The van der Waals surface area contributed by atoms with Gasteiger partial charge < -0.3 is 54.7 Å². The summed E-state index contributed by atoms with van der Waals surface area (Å²) in [5, 5.41) is 70.2. The predicted octanol–water partition coefficient (Wildman–Crippen LogP) is -3.14. The van der Waals surface area contributed by atoms with Crippen molar-refractivity contribution in [3.63, 3.8) is 0 Å². The summed E-state index contributed by atoms with van der Waals surface area (Å²) in [6.07, 6.45) is -10.3. The first-order valence-corrected chi connectivity index (χ1v) is 9.67. The molecule has 0 aromatic heterocycles. The van der Waals surface area contributed by atoms with Gasteiger partial charge in [0.1, 0.15) is 48.8 Å². The third kappa shape index (κ3) is 4.91. The molecule has 11 nitrogen and oxygen atoms in total. The third-order valence-electron chi connectivity index (χ3n) is 5.32. The molecule has 2 rings (SSSR count). The minimum absolute atomic E-state index is 0.285. The van der Waals surface area contributed by atoms with E-state index >= 15 is 0 Å². The molecule has 2 fully saturated rings. The van der Waals surface area contributed by atoms with Gasteiger partial charge in [-0.3, -0.25) is 0 Å². The third-order valence-corrected chi connectivity index (χ3v) is 5.32. The van der Waals surface area contributed by atoms with Gasteiger partial charge in [-0.1, -0.05) is 0 Å². The fraction of sp³-hybridized carbons (Fsp3) is 1.00. The Morgan fingerprint density at radius 2 is 1.55 bits per heavy atom. The minimum atomic E-state index is -2.32. The summed E-state index contributed by atoms with van der Waals surface area (Å²) in [5.74, 6) is -2.32. The van der Waals surface area contributed by atoms with E-state index in [2.05, 4.69) is 0 Å². The van der Waals surface area contributed by atoms with Crippen LogP contribution in [0.15, 0.2) is 0 Å². The molecule has 2 saturated heterocycles. The summed E-state index contributed by atoms with van der Waals surface area (Å²) in [5.41, 5.74) is -1.38. The molecule has 29 heavy (non-hydrogen) atoms. The average molecular weight is 426 g/mol. The van der Waals surface area contributed by atoms with Crippen LogP contribution in [-0.2, 0) is 18.9 Å². The SMILES string of the molecule is CC(C)OC1C(CO)OC(C(C)(C)OC2C(CO)OC(O)(CO)C2O)C(O)C1O. The van der Waals surface area contributed by atoms with E-state index in [4.69, 9.17) is 18.9 Å². The van der Waals surface area contributed by atoms with Crippen molar-refractivity contribution in [1.82, 2.24) is 0 Å². The van der Waals surface area contributed by atoms with Crippen molar-refractivity contribution in [3.8, 4) is 0 Å². The number of rotatable bonds is 8. The van der Waals surface area contributed by atoms with Crippen LogP contribution in [-0.4, -0.2) is 122 Å². The van der Waals surface area contributed by atoms with E-state index in [9.17, 15) is 35.7 Å². The maximum atomic E-state index is 10.6. The first-order chi connectivity index (χ1) is 13.4. The van der Waals surface area contributed by atoms with Crippen molar-refractivity contribution in [2.75, 3.05) is 19.8 Å². The lowest BCUT2D eigenvalue weighted by Gasteiger charge is -2.48.